The molecule has 2 aliphatic carbocycles. The van der Waals surface area contributed by atoms with Gasteiger partial charge in [0.2, 0.25) is 11.8 Å². The van der Waals surface area contributed by atoms with Crippen LogP contribution in [0.4, 0.5) is 0 Å². The lowest BCUT2D eigenvalue weighted by molar-refractivity contribution is -0.134. The minimum absolute atomic E-state index is 0.108. The molecule has 3 heterocycles. The van der Waals surface area contributed by atoms with E-state index in [1.807, 2.05) is 11.1 Å². The number of piperidine rings is 1. The summed E-state index contributed by atoms with van der Waals surface area (Å²) in [5.41, 5.74) is 2.15. The summed E-state index contributed by atoms with van der Waals surface area (Å²) in [4.78, 5) is 38.2. The van der Waals surface area contributed by atoms with E-state index in [0.717, 1.165) is 56.0 Å². The maximum atomic E-state index is 13.1. The van der Waals surface area contributed by atoms with E-state index in [0.29, 0.717) is 30.2 Å². The Morgan fingerprint density at radius 1 is 1.04 bits per heavy atom. The summed E-state index contributed by atoms with van der Waals surface area (Å²) in [7, 11) is 0. The van der Waals surface area contributed by atoms with E-state index in [1.165, 1.54) is 25.7 Å². The predicted octanol–water partition coefficient (Wildman–Crippen LogP) is 2.52. The summed E-state index contributed by atoms with van der Waals surface area (Å²) in [6.07, 6.45) is 9.91. The minimum Gasteiger partial charge on any atom is -0.342 e. The van der Waals surface area contributed by atoms with Crippen molar-refractivity contribution in [3.8, 4) is 0 Å². The van der Waals surface area contributed by atoms with Gasteiger partial charge in [0.25, 0.3) is 0 Å². The Bertz CT molecular complexity index is 783. The highest BCUT2D eigenvalue weighted by molar-refractivity contribution is 5.82. The fourth-order valence-electron chi connectivity index (χ4n) is 5.75. The highest BCUT2D eigenvalue weighted by atomic mass is 16.2. The Kier molecular flexibility index (Phi) is 4.60. The number of hydrogen-bond donors (Lipinski definition) is 0. The molecule has 0 unspecified atom stereocenters. The van der Waals surface area contributed by atoms with E-state index in [1.54, 1.807) is 6.92 Å². The van der Waals surface area contributed by atoms with Crippen LogP contribution in [0.1, 0.15) is 68.4 Å². The van der Waals surface area contributed by atoms with Gasteiger partial charge in [-0.15, -0.1) is 0 Å². The van der Waals surface area contributed by atoms with E-state index >= 15 is 0 Å². The molecule has 4 aliphatic rings. The number of fused-ring (bicyclic) bond motifs is 2. The van der Waals surface area contributed by atoms with Crippen molar-refractivity contribution < 1.29 is 9.59 Å². The lowest BCUT2D eigenvalue weighted by Gasteiger charge is -2.33. The Morgan fingerprint density at radius 2 is 1.82 bits per heavy atom. The van der Waals surface area contributed by atoms with Crippen molar-refractivity contribution in [3.05, 3.63) is 23.3 Å². The second kappa shape index (κ2) is 7.12. The van der Waals surface area contributed by atoms with Crippen molar-refractivity contribution >= 4 is 11.8 Å². The Morgan fingerprint density at radius 3 is 2.57 bits per heavy atom. The van der Waals surface area contributed by atoms with Crippen LogP contribution in [0, 0.1) is 17.8 Å². The minimum atomic E-state index is 0.108. The van der Waals surface area contributed by atoms with Crippen molar-refractivity contribution in [2.24, 2.45) is 17.8 Å². The standard InChI is InChI=1S/C22H30N4O2/c1-14(27)25-10-8-19-16(13-25)11-23-21(24-19)15-5-4-9-26(12-15)22(28)20-17-6-2-3-7-18(17)20/h11,15,17-18,20H,2-10,12-13H2,1H3/t15-,17+,18+/m1/s1. The number of likely N-dealkylation sites (tertiary alicyclic amines) is 1. The third-order valence-corrected chi connectivity index (χ3v) is 7.44. The highest BCUT2D eigenvalue weighted by Gasteiger charge is 2.56. The number of carbonyl (C=O) groups excluding carboxylic acids is 2. The van der Waals surface area contributed by atoms with Gasteiger partial charge >= 0.3 is 0 Å². The smallest absolute Gasteiger partial charge is 0.226 e. The van der Waals surface area contributed by atoms with Gasteiger partial charge in [0, 0.05) is 63.1 Å². The van der Waals surface area contributed by atoms with Gasteiger partial charge in [0.05, 0.1) is 5.69 Å². The number of amides is 2. The quantitative estimate of drug-likeness (QED) is 0.788. The number of aromatic nitrogens is 2. The molecule has 2 aliphatic heterocycles. The van der Waals surface area contributed by atoms with E-state index in [4.69, 9.17) is 4.98 Å². The molecule has 3 atom stereocenters. The summed E-state index contributed by atoms with van der Waals surface area (Å²) in [5.74, 6) is 3.30. The van der Waals surface area contributed by atoms with E-state index in [-0.39, 0.29) is 11.8 Å². The predicted molar refractivity (Wildman–Crippen MR) is 104 cm³/mol. The largest absolute Gasteiger partial charge is 0.342 e. The molecule has 2 amide bonds. The average molecular weight is 383 g/mol. The molecule has 0 radical (unpaired) electrons. The molecule has 2 saturated carbocycles. The van der Waals surface area contributed by atoms with Gasteiger partial charge in [-0.05, 0) is 37.5 Å². The normalized spacial score (nSPS) is 31.8. The molecular weight excluding hydrogens is 352 g/mol. The molecule has 6 heteroatoms. The Labute approximate surface area is 166 Å². The number of rotatable bonds is 2. The average Bonchev–Trinajstić information content (AvgIpc) is 3.47. The summed E-state index contributed by atoms with van der Waals surface area (Å²) in [5, 5.41) is 0. The summed E-state index contributed by atoms with van der Waals surface area (Å²) < 4.78 is 0. The lowest BCUT2D eigenvalue weighted by Crippen LogP contribution is -2.41. The van der Waals surface area contributed by atoms with Crippen molar-refractivity contribution in [2.45, 2.75) is 64.3 Å². The monoisotopic (exact) mass is 382 g/mol. The van der Waals surface area contributed by atoms with E-state index < -0.39 is 0 Å². The maximum absolute atomic E-state index is 13.1. The zero-order valence-corrected chi connectivity index (χ0v) is 16.8. The summed E-state index contributed by atoms with van der Waals surface area (Å²) in [6.45, 7) is 4.63. The van der Waals surface area contributed by atoms with Crippen molar-refractivity contribution in [1.29, 1.82) is 0 Å². The van der Waals surface area contributed by atoms with Crippen LogP contribution in [0.5, 0.6) is 0 Å². The first-order chi connectivity index (χ1) is 13.6. The third kappa shape index (κ3) is 3.20. The van der Waals surface area contributed by atoms with Crippen LogP contribution in [0.3, 0.4) is 0 Å². The first-order valence-corrected chi connectivity index (χ1v) is 11.0. The summed E-state index contributed by atoms with van der Waals surface area (Å²) >= 11 is 0. The lowest BCUT2D eigenvalue weighted by atomic mass is 9.96. The van der Waals surface area contributed by atoms with Crippen LogP contribution in [0.15, 0.2) is 6.20 Å². The zero-order valence-electron chi connectivity index (χ0n) is 16.8. The van der Waals surface area contributed by atoms with Crippen LogP contribution < -0.4 is 0 Å². The van der Waals surface area contributed by atoms with Crippen LogP contribution in [0.25, 0.3) is 0 Å². The van der Waals surface area contributed by atoms with Crippen molar-refractivity contribution in [2.75, 3.05) is 19.6 Å². The maximum Gasteiger partial charge on any atom is 0.226 e. The molecule has 150 valence electrons. The van der Waals surface area contributed by atoms with Crippen molar-refractivity contribution in [3.63, 3.8) is 0 Å². The second-order valence-electron chi connectivity index (χ2n) is 9.15. The molecule has 1 saturated heterocycles. The van der Waals surface area contributed by atoms with Gasteiger partial charge in [0.15, 0.2) is 0 Å². The van der Waals surface area contributed by atoms with Gasteiger partial charge in [-0.3, -0.25) is 9.59 Å². The molecule has 5 rings (SSSR count). The van der Waals surface area contributed by atoms with Crippen molar-refractivity contribution in [1.82, 2.24) is 19.8 Å². The molecule has 0 spiro atoms. The summed E-state index contributed by atoms with van der Waals surface area (Å²) in [6, 6.07) is 0. The molecule has 6 nitrogen and oxygen atoms in total. The molecule has 1 aromatic heterocycles. The van der Waals surface area contributed by atoms with Gasteiger partial charge in [0.1, 0.15) is 5.82 Å². The van der Waals surface area contributed by atoms with Gasteiger partial charge in [-0.25, -0.2) is 9.97 Å². The van der Waals surface area contributed by atoms with Crippen LogP contribution in [-0.4, -0.2) is 51.2 Å². The van der Waals surface area contributed by atoms with E-state index in [9.17, 15) is 9.59 Å². The Balaban J connectivity index is 1.27. The number of hydrogen-bond acceptors (Lipinski definition) is 4. The van der Waals surface area contributed by atoms with Crippen LogP contribution in [-0.2, 0) is 22.6 Å². The molecule has 0 N–H and O–H groups in total. The number of carbonyl (C=O) groups is 2. The van der Waals surface area contributed by atoms with Gasteiger partial charge in [-0.1, -0.05) is 12.8 Å². The molecule has 28 heavy (non-hydrogen) atoms. The number of nitrogens with zero attached hydrogens (tertiary/aromatic N) is 4. The molecule has 1 aromatic rings. The van der Waals surface area contributed by atoms with Gasteiger partial charge in [-0.2, -0.15) is 0 Å². The topological polar surface area (TPSA) is 66.4 Å². The van der Waals surface area contributed by atoms with E-state index in [2.05, 4.69) is 9.88 Å². The zero-order chi connectivity index (χ0) is 19.3. The molecule has 0 aromatic carbocycles. The Hall–Kier alpha value is -1.98. The highest BCUT2D eigenvalue weighted by Crippen LogP contribution is 2.56. The fraction of sp³-hybridized carbons (Fsp3) is 0.727. The first-order valence-electron chi connectivity index (χ1n) is 11.0. The van der Waals surface area contributed by atoms with Crippen LogP contribution in [0.2, 0.25) is 0 Å². The molecule has 0 bridgehead atoms. The molecule has 3 fully saturated rings. The first kappa shape index (κ1) is 18.1. The third-order valence-electron chi connectivity index (χ3n) is 7.44. The fourth-order valence-corrected chi connectivity index (χ4v) is 5.75. The SMILES string of the molecule is CC(=O)N1CCc2nc([C@@H]3CCCN(C(=O)C4[C@H]5CCCC[C@H]45)C3)ncc2C1. The second-order valence-corrected chi connectivity index (χ2v) is 9.15. The molecular formula is C22H30N4O2. The van der Waals surface area contributed by atoms with Gasteiger partial charge < -0.3 is 9.80 Å². The van der Waals surface area contributed by atoms with Crippen LogP contribution >= 0.6 is 0 Å².